The molecule has 0 aromatic carbocycles. The molecule has 136 valence electrons. The molecule has 0 aliphatic heterocycles. The van der Waals surface area contributed by atoms with Crippen LogP contribution in [0.3, 0.4) is 0 Å². The minimum atomic E-state index is 0.0628. The Hall–Kier alpha value is -2.08. The van der Waals surface area contributed by atoms with Gasteiger partial charge in [-0.15, -0.1) is 0 Å². The van der Waals surface area contributed by atoms with Crippen LogP contribution in [-0.2, 0) is 6.54 Å². The maximum atomic E-state index is 11.6. The van der Waals surface area contributed by atoms with Crippen molar-refractivity contribution in [3.63, 3.8) is 0 Å². The number of aliphatic imine (C=N–C) groups is 1. The number of thiophene rings is 1. The highest BCUT2D eigenvalue weighted by molar-refractivity contribution is 7.07. The van der Waals surface area contributed by atoms with E-state index in [-0.39, 0.29) is 5.56 Å². The third-order valence-corrected chi connectivity index (χ3v) is 4.70. The lowest BCUT2D eigenvalue weighted by Gasteiger charge is -2.13. The quantitative estimate of drug-likeness (QED) is 0.410. The number of aromatic nitrogens is 1. The summed E-state index contributed by atoms with van der Waals surface area (Å²) in [7, 11) is 0. The lowest BCUT2D eigenvalue weighted by atomic mass is 10.1. The lowest BCUT2D eigenvalue weighted by Crippen LogP contribution is -2.38. The first-order valence-corrected chi connectivity index (χ1v) is 9.84. The molecule has 0 spiro atoms. The normalized spacial score (nSPS) is 12.8. The number of aryl methyl sites for hydroxylation is 1. The summed E-state index contributed by atoms with van der Waals surface area (Å²) < 4.78 is 1.75. The van der Waals surface area contributed by atoms with E-state index in [9.17, 15) is 4.79 Å². The van der Waals surface area contributed by atoms with Gasteiger partial charge in [-0.25, -0.2) is 0 Å². The molecule has 0 bridgehead atoms. The van der Waals surface area contributed by atoms with Gasteiger partial charge in [-0.1, -0.05) is 13.0 Å². The van der Waals surface area contributed by atoms with Gasteiger partial charge in [-0.2, -0.15) is 11.3 Å². The molecule has 0 aliphatic rings. The van der Waals surface area contributed by atoms with Gasteiger partial charge in [0.15, 0.2) is 5.96 Å². The molecule has 2 aromatic heterocycles. The number of unbranched alkanes of at least 4 members (excludes halogenated alkanes) is 1. The molecule has 1 unspecified atom stereocenters. The second-order valence-electron chi connectivity index (χ2n) is 6.04. The van der Waals surface area contributed by atoms with E-state index in [1.54, 1.807) is 28.0 Å². The van der Waals surface area contributed by atoms with Crippen LogP contribution in [0.15, 0.2) is 51.0 Å². The van der Waals surface area contributed by atoms with Crippen molar-refractivity contribution < 1.29 is 0 Å². The Morgan fingerprint density at radius 3 is 2.88 bits per heavy atom. The molecule has 2 rings (SSSR count). The van der Waals surface area contributed by atoms with Crippen LogP contribution in [0.4, 0.5) is 0 Å². The van der Waals surface area contributed by atoms with E-state index >= 15 is 0 Å². The molecule has 2 aromatic rings. The molecule has 25 heavy (non-hydrogen) atoms. The average molecular weight is 361 g/mol. The fraction of sp³-hybridized carbons (Fsp3) is 0.474. The van der Waals surface area contributed by atoms with Gasteiger partial charge in [0.25, 0.3) is 0 Å². The first-order chi connectivity index (χ1) is 12.2. The van der Waals surface area contributed by atoms with Crippen LogP contribution < -0.4 is 16.2 Å². The molecule has 5 nitrogen and oxygen atoms in total. The van der Waals surface area contributed by atoms with Crippen molar-refractivity contribution in [3.05, 3.63) is 57.1 Å². The minimum Gasteiger partial charge on any atom is -0.357 e. The number of hydrogen-bond donors (Lipinski definition) is 2. The summed E-state index contributed by atoms with van der Waals surface area (Å²) in [6.07, 6.45) is 3.79. The van der Waals surface area contributed by atoms with E-state index in [0.29, 0.717) is 5.92 Å². The summed E-state index contributed by atoms with van der Waals surface area (Å²) in [6.45, 7) is 7.49. The summed E-state index contributed by atoms with van der Waals surface area (Å²) in [5, 5.41) is 11.0. The standard InChI is InChI=1S/C19H28N4OS/c1-3-20-19(22-14-16(2)17-9-13-25-15-17)21-10-5-7-12-23-11-6-4-8-18(23)24/h4,6,8-9,11,13,15-16H,3,5,7,10,12,14H2,1-2H3,(H2,20,21,22). The fourth-order valence-corrected chi connectivity index (χ4v) is 3.27. The van der Waals surface area contributed by atoms with E-state index < -0.39 is 0 Å². The van der Waals surface area contributed by atoms with Crippen LogP contribution in [0, 0.1) is 0 Å². The third-order valence-electron chi connectivity index (χ3n) is 4.00. The SMILES string of the molecule is CCNC(=NCC(C)c1ccsc1)NCCCCn1ccccc1=O. The number of hydrogen-bond acceptors (Lipinski definition) is 3. The number of nitrogens with zero attached hydrogens (tertiary/aromatic N) is 2. The van der Waals surface area contributed by atoms with E-state index in [4.69, 9.17) is 0 Å². The second-order valence-corrected chi connectivity index (χ2v) is 6.82. The van der Waals surface area contributed by atoms with Gasteiger partial charge in [-0.3, -0.25) is 9.79 Å². The molecule has 0 amide bonds. The highest BCUT2D eigenvalue weighted by Gasteiger charge is 2.05. The van der Waals surface area contributed by atoms with Crippen molar-refractivity contribution in [2.24, 2.45) is 4.99 Å². The van der Waals surface area contributed by atoms with Crippen LogP contribution in [0.1, 0.15) is 38.2 Å². The minimum absolute atomic E-state index is 0.0628. The van der Waals surface area contributed by atoms with E-state index in [1.807, 2.05) is 12.3 Å². The number of guanidine groups is 1. The molecule has 2 heterocycles. The molecule has 0 aliphatic carbocycles. The number of rotatable bonds is 9. The fourth-order valence-electron chi connectivity index (χ4n) is 2.49. The van der Waals surface area contributed by atoms with Crippen molar-refractivity contribution in [3.8, 4) is 0 Å². The lowest BCUT2D eigenvalue weighted by molar-refractivity contribution is 0.585. The van der Waals surface area contributed by atoms with Gasteiger partial charge < -0.3 is 15.2 Å². The Bertz CT molecular complexity index is 693. The average Bonchev–Trinajstić information content (AvgIpc) is 3.15. The molecule has 0 radical (unpaired) electrons. The van der Waals surface area contributed by atoms with Gasteiger partial charge >= 0.3 is 0 Å². The molecule has 0 saturated heterocycles. The van der Waals surface area contributed by atoms with Crippen molar-refractivity contribution in [2.75, 3.05) is 19.6 Å². The van der Waals surface area contributed by atoms with E-state index in [1.165, 1.54) is 5.56 Å². The third kappa shape index (κ3) is 6.74. The summed E-state index contributed by atoms with van der Waals surface area (Å²) >= 11 is 1.73. The van der Waals surface area contributed by atoms with Gasteiger partial charge in [0.05, 0.1) is 0 Å². The molecular formula is C19H28N4OS. The molecule has 2 N–H and O–H groups in total. The Morgan fingerprint density at radius 1 is 1.28 bits per heavy atom. The van der Waals surface area contributed by atoms with E-state index in [0.717, 1.165) is 45.0 Å². The van der Waals surface area contributed by atoms with Crippen LogP contribution in [0.5, 0.6) is 0 Å². The monoisotopic (exact) mass is 360 g/mol. The van der Waals surface area contributed by atoms with Crippen molar-refractivity contribution in [1.29, 1.82) is 0 Å². The maximum Gasteiger partial charge on any atom is 0.250 e. The predicted molar refractivity (Wildman–Crippen MR) is 107 cm³/mol. The zero-order valence-electron chi connectivity index (χ0n) is 15.1. The second kappa shape index (κ2) is 10.7. The summed E-state index contributed by atoms with van der Waals surface area (Å²) in [5.74, 6) is 1.29. The zero-order chi connectivity index (χ0) is 17.9. The Labute approximate surface area is 153 Å². The molecule has 0 saturated carbocycles. The smallest absolute Gasteiger partial charge is 0.250 e. The maximum absolute atomic E-state index is 11.6. The highest BCUT2D eigenvalue weighted by Crippen LogP contribution is 2.18. The molecular weight excluding hydrogens is 332 g/mol. The number of nitrogens with one attached hydrogen (secondary N) is 2. The number of pyridine rings is 1. The summed E-state index contributed by atoms with van der Waals surface area (Å²) in [4.78, 5) is 16.3. The molecule has 1 atom stereocenters. The first-order valence-electron chi connectivity index (χ1n) is 8.90. The topological polar surface area (TPSA) is 58.4 Å². The van der Waals surface area contributed by atoms with Crippen molar-refractivity contribution in [1.82, 2.24) is 15.2 Å². The van der Waals surface area contributed by atoms with Gasteiger partial charge in [0.2, 0.25) is 5.56 Å². The summed E-state index contributed by atoms with van der Waals surface area (Å²) in [6, 6.07) is 7.43. The zero-order valence-corrected chi connectivity index (χ0v) is 15.9. The Morgan fingerprint density at radius 2 is 2.16 bits per heavy atom. The highest BCUT2D eigenvalue weighted by atomic mass is 32.1. The van der Waals surface area contributed by atoms with Crippen LogP contribution in [-0.4, -0.2) is 30.2 Å². The summed E-state index contributed by atoms with van der Waals surface area (Å²) in [5.41, 5.74) is 1.41. The van der Waals surface area contributed by atoms with Gasteiger partial charge in [-0.05, 0) is 48.2 Å². The van der Waals surface area contributed by atoms with Crippen LogP contribution >= 0.6 is 11.3 Å². The Kier molecular flexibility index (Phi) is 8.25. The van der Waals surface area contributed by atoms with Crippen molar-refractivity contribution in [2.45, 2.75) is 39.2 Å². The molecule has 0 fully saturated rings. The van der Waals surface area contributed by atoms with E-state index in [2.05, 4.69) is 46.3 Å². The largest absolute Gasteiger partial charge is 0.357 e. The van der Waals surface area contributed by atoms with Gasteiger partial charge in [0.1, 0.15) is 0 Å². The predicted octanol–water partition coefficient (Wildman–Crippen LogP) is 3.05. The molecule has 6 heteroatoms. The first kappa shape index (κ1) is 19.2. The van der Waals surface area contributed by atoms with Crippen LogP contribution in [0.2, 0.25) is 0 Å². The Balaban J connectivity index is 1.72. The van der Waals surface area contributed by atoms with Crippen LogP contribution in [0.25, 0.3) is 0 Å². The van der Waals surface area contributed by atoms with Crippen molar-refractivity contribution >= 4 is 17.3 Å². The van der Waals surface area contributed by atoms with Gasteiger partial charge in [0, 0.05) is 44.4 Å².